The number of nitrogens with one attached hydrogen (secondary N) is 1. The Kier molecular flexibility index (Phi) is 5.81. The molecule has 4 aromatic rings. The van der Waals surface area contributed by atoms with Gasteiger partial charge in [-0.3, -0.25) is 4.79 Å². The van der Waals surface area contributed by atoms with Crippen molar-refractivity contribution in [3.63, 3.8) is 0 Å². The topological polar surface area (TPSA) is 72.7 Å². The third kappa shape index (κ3) is 4.07. The maximum absolute atomic E-state index is 12.6. The molecule has 1 atom stereocenters. The van der Waals surface area contributed by atoms with Crippen LogP contribution in [0, 0.1) is 13.8 Å². The second kappa shape index (κ2) is 8.67. The minimum atomic E-state index is -0.0980. The third-order valence-corrected chi connectivity index (χ3v) is 6.16. The Labute approximate surface area is 179 Å². The summed E-state index contributed by atoms with van der Waals surface area (Å²) >= 11 is 1.33. The molecular weight excluding hydrogens is 394 g/mol. The molecule has 1 heterocycles. The van der Waals surface area contributed by atoms with Crippen LogP contribution in [0.5, 0.6) is 0 Å². The molecule has 0 saturated carbocycles. The van der Waals surface area contributed by atoms with Crippen molar-refractivity contribution in [3.8, 4) is 5.69 Å². The second-order valence-electron chi connectivity index (χ2n) is 7.24. The summed E-state index contributed by atoms with van der Waals surface area (Å²) in [6.07, 6.45) is 0. The molecule has 7 heteroatoms. The molecule has 1 aromatic heterocycles. The zero-order chi connectivity index (χ0) is 21.1. The number of tetrazole rings is 1. The van der Waals surface area contributed by atoms with Crippen molar-refractivity contribution >= 4 is 28.4 Å². The molecule has 0 aliphatic heterocycles. The number of aryl methyl sites for hydroxylation is 1. The molecule has 0 fully saturated rings. The molecule has 0 unspecified atom stereocenters. The molecule has 3 aromatic carbocycles. The van der Waals surface area contributed by atoms with Gasteiger partial charge in [0.1, 0.15) is 0 Å². The SMILES string of the molecule is Cc1cccc(-n2nnnc2SCC(=O)N[C@@H](C)c2cccc3ccccc23)c1C. The lowest BCUT2D eigenvalue weighted by molar-refractivity contribution is -0.119. The van der Waals surface area contributed by atoms with Gasteiger partial charge in [0.2, 0.25) is 11.1 Å². The number of hydrogen-bond acceptors (Lipinski definition) is 5. The van der Waals surface area contributed by atoms with Crippen LogP contribution in [0.4, 0.5) is 0 Å². The first-order valence-electron chi connectivity index (χ1n) is 9.79. The van der Waals surface area contributed by atoms with Crippen LogP contribution in [0.15, 0.2) is 65.8 Å². The van der Waals surface area contributed by atoms with Gasteiger partial charge in [0.15, 0.2) is 0 Å². The highest BCUT2D eigenvalue weighted by atomic mass is 32.2. The maximum atomic E-state index is 12.6. The van der Waals surface area contributed by atoms with E-state index in [0.717, 1.165) is 27.6 Å². The maximum Gasteiger partial charge on any atom is 0.230 e. The number of aromatic nitrogens is 4. The highest BCUT2D eigenvalue weighted by Gasteiger charge is 2.16. The van der Waals surface area contributed by atoms with Gasteiger partial charge >= 0.3 is 0 Å². The van der Waals surface area contributed by atoms with Gasteiger partial charge in [-0.25, -0.2) is 0 Å². The van der Waals surface area contributed by atoms with E-state index >= 15 is 0 Å². The number of amides is 1. The number of thioether (sulfide) groups is 1. The first-order chi connectivity index (χ1) is 14.5. The van der Waals surface area contributed by atoms with Gasteiger partial charge in [-0.1, -0.05) is 66.4 Å². The lowest BCUT2D eigenvalue weighted by atomic mass is 10.00. The van der Waals surface area contributed by atoms with Crippen molar-refractivity contribution in [1.82, 2.24) is 25.5 Å². The van der Waals surface area contributed by atoms with E-state index in [1.807, 2.05) is 44.2 Å². The highest BCUT2D eigenvalue weighted by molar-refractivity contribution is 7.99. The number of nitrogens with zero attached hydrogens (tertiary/aromatic N) is 4. The smallest absolute Gasteiger partial charge is 0.230 e. The molecule has 0 aliphatic carbocycles. The molecule has 1 N–H and O–H groups in total. The predicted octanol–water partition coefficient (Wildman–Crippen LogP) is 4.40. The number of carbonyl (C=O) groups excluding carboxylic acids is 1. The Morgan fingerprint density at radius 2 is 1.83 bits per heavy atom. The normalized spacial score (nSPS) is 12.1. The van der Waals surface area contributed by atoms with E-state index < -0.39 is 0 Å². The molecule has 0 bridgehead atoms. The van der Waals surface area contributed by atoms with Crippen LogP contribution >= 0.6 is 11.8 Å². The molecule has 0 radical (unpaired) electrons. The standard InChI is InChI=1S/C23H23N5OS/c1-15-8-6-13-21(16(15)2)28-23(25-26-27-28)30-14-22(29)24-17(3)19-12-7-10-18-9-4-5-11-20(18)19/h4-13,17H,14H2,1-3H3,(H,24,29)/t17-/m0/s1. The van der Waals surface area contributed by atoms with Crippen molar-refractivity contribution in [2.75, 3.05) is 5.75 Å². The highest BCUT2D eigenvalue weighted by Crippen LogP contribution is 2.25. The van der Waals surface area contributed by atoms with Crippen LogP contribution in [0.2, 0.25) is 0 Å². The first kappa shape index (κ1) is 20.1. The van der Waals surface area contributed by atoms with E-state index in [4.69, 9.17) is 0 Å². The van der Waals surface area contributed by atoms with Crippen molar-refractivity contribution < 1.29 is 4.79 Å². The molecule has 30 heavy (non-hydrogen) atoms. The zero-order valence-corrected chi connectivity index (χ0v) is 18.0. The molecule has 0 saturated heterocycles. The van der Waals surface area contributed by atoms with Crippen LogP contribution in [-0.4, -0.2) is 31.9 Å². The van der Waals surface area contributed by atoms with Crippen LogP contribution in [0.1, 0.15) is 29.7 Å². The Morgan fingerprint density at radius 3 is 2.70 bits per heavy atom. The van der Waals surface area contributed by atoms with Crippen molar-refractivity contribution in [3.05, 3.63) is 77.4 Å². The van der Waals surface area contributed by atoms with E-state index in [1.165, 1.54) is 17.3 Å². The lowest BCUT2D eigenvalue weighted by Gasteiger charge is -2.16. The van der Waals surface area contributed by atoms with Gasteiger partial charge < -0.3 is 5.32 Å². The molecule has 4 rings (SSSR count). The fourth-order valence-corrected chi connectivity index (χ4v) is 4.20. The number of carbonyl (C=O) groups is 1. The quantitative estimate of drug-likeness (QED) is 0.471. The summed E-state index contributed by atoms with van der Waals surface area (Å²) in [6, 6.07) is 20.3. The van der Waals surface area contributed by atoms with Gasteiger partial charge in [-0.05, 0) is 64.7 Å². The third-order valence-electron chi connectivity index (χ3n) is 5.24. The largest absolute Gasteiger partial charge is 0.349 e. The monoisotopic (exact) mass is 417 g/mol. The Morgan fingerprint density at radius 1 is 1.07 bits per heavy atom. The molecule has 152 valence electrons. The summed E-state index contributed by atoms with van der Waals surface area (Å²) in [5, 5.41) is 18.0. The fourth-order valence-electron chi connectivity index (χ4n) is 3.50. The van der Waals surface area contributed by atoms with Crippen molar-refractivity contribution in [2.24, 2.45) is 0 Å². The van der Waals surface area contributed by atoms with Gasteiger partial charge in [0.05, 0.1) is 17.5 Å². The molecular formula is C23H23N5OS. The Hall–Kier alpha value is -3.19. The van der Waals surface area contributed by atoms with E-state index in [-0.39, 0.29) is 17.7 Å². The molecule has 0 aliphatic rings. The van der Waals surface area contributed by atoms with E-state index in [2.05, 4.69) is 58.1 Å². The number of fused-ring (bicyclic) bond motifs is 1. The van der Waals surface area contributed by atoms with Gasteiger partial charge in [-0.2, -0.15) is 4.68 Å². The zero-order valence-electron chi connectivity index (χ0n) is 17.2. The summed E-state index contributed by atoms with van der Waals surface area (Å²) in [7, 11) is 0. The van der Waals surface area contributed by atoms with Crippen LogP contribution < -0.4 is 5.32 Å². The fraction of sp³-hybridized carbons (Fsp3) is 0.217. The van der Waals surface area contributed by atoms with Crippen LogP contribution in [-0.2, 0) is 4.79 Å². The Balaban J connectivity index is 1.45. The summed E-state index contributed by atoms with van der Waals surface area (Å²) in [4.78, 5) is 12.6. The number of rotatable bonds is 6. The van der Waals surface area contributed by atoms with Gasteiger partial charge in [0.25, 0.3) is 0 Å². The van der Waals surface area contributed by atoms with E-state index in [9.17, 15) is 4.79 Å². The average molecular weight is 418 g/mol. The van der Waals surface area contributed by atoms with Gasteiger partial charge in [0, 0.05) is 0 Å². The van der Waals surface area contributed by atoms with Gasteiger partial charge in [-0.15, -0.1) is 5.10 Å². The number of benzene rings is 3. The second-order valence-corrected chi connectivity index (χ2v) is 8.18. The number of hydrogen-bond donors (Lipinski definition) is 1. The van der Waals surface area contributed by atoms with Crippen LogP contribution in [0.25, 0.3) is 16.5 Å². The predicted molar refractivity (Wildman–Crippen MR) is 120 cm³/mol. The summed E-state index contributed by atoms with van der Waals surface area (Å²) < 4.78 is 1.69. The lowest BCUT2D eigenvalue weighted by Crippen LogP contribution is -2.28. The molecule has 6 nitrogen and oxygen atoms in total. The molecule has 1 amide bonds. The van der Waals surface area contributed by atoms with Crippen molar-refractivity contribution in [1.29, 1.82) is 0 Å². The summed E-state index contributed by atoms with van der Waals surface area (Å²) in [5.74, 6) is 0.177. The summed E-state index contributed by atoms with van der Waals surface area (Å²) in [6.45, 7) is 6.10. The van der Waals surface area contributed by atoms with E-state index in [1.54, 1.807) is 4.68 Å². The molecule has 0 spiro atoms. The first-order valence-corrected chi connectivity index (χ1v) is 10.8. The minimum Gasteiger partial charge on any atom is -0.349 e. The minimum absolute atomic E-state index is 0.0593. The Bertz CT molecular complexity index is 1200. The average Bonchev–Trinajstić information content (AvgIpc) is 3.22. The van der Waals surface area contributed by atoms with E-state index in [0.29, 0.717) is 5.16 Å². The van der Waals surface area contributed by atoms with Crippen LogP contribution in [0.3, 0.4) is 0 Å². The summed E-state index contributed by atoms with van der Waals surface area (Å²) in [5.41, 5.74) is 4.31. The van der Waals surface area contributed by atoms with Crippen molar-refractivity contribution in [2.45, 2.75) is 32.0 Å².